The summed E-state index contributed by atoms with van der Waals surface area (Å²) in [4.78, 5) is 20.3. The van der Waals surface area contributed by atoms with Crippen molar-refractivity contribution in [2.75, 3.05) is 7.11 Å². The standard InChI is InChI=1S/C18H14ClN3O2/c1-24-13-5-2-11(3-6-13)9-22-10-20-16-14-8-12(19)4-7-15(14)21-17(16)18(22)23/h2-8,10,21H,9H2,1H3. The average molecular weight is 340 g/mol. The van der Waals surface area contributed by atoms with Crippen LogP contribution in [-0.4, -0.2) is 21.6 Å². The van der Waals surface area contributed by atoms with Crippen molar-refractivity contribution in [2.45, 2.75) is 6.54 Å². The van der Waals surface area contributed by atoms with E-state index in [1.807, 2.05) is 36.4 Å². The van der Waals surface area contributed by atoms with Crippen LogP contribution in [-0.2, 0) is 6.54 Å². The van der Waals surface area contributed by atoms with Crippen LogP contribution in [0.2, 0.25) is 5.02 Å². The number of rotatable bonds is 3. The minimum absolute atomic E-state index is 0.108. The second kappa shape index (κ2) is 5.69. The molecular formula is C18H14ClN3O2. The smallest absolute Gasteiger partial charge is 0.277 e. The molecule has 0 atom stereocenters. The number of nitrogens with zero attached hydrogens (tertiary/aromatic N) is 2. The highest BCUT2D eigenvalue weighted by Gasteiger charge is 2.11. The number of hydrogen-bond donors (Lipinski definition) is 1. The molecule has 0 saturated carbocycles. The monoisotopic (exact) mass is 339 g/mol. The first-order valence-electron chi connectivity index (χ1n) is 7.45. The molecule has 2 aromatic carbocycles. The summed E-state index contributed by atoms with van der Waals surface area (Å²) in [5.41, 5.74) is 2.87. The maximum atomic E-state index is 12.7. The van der Waals surface area contributed by atoms with Crippen LogP contribution in [0.4, 0.5) is 0 Å². The highest BCUT2D eigenvalue weighted by Crippen LogP contribution is 2.24. The van der Waals surface area contributed by atoms with Crippen molar-refractivity contribution in [3.63, 3.8) is 0 Å². The maximum Gasteiger partial charge on any atom is 0.277 e. The Morgan fingerprint density at radius 1 is 1.21 bits per heavy atom. The molecular weight excluding hydrogens is 326 g/mol. The molecule has 2 heterocycles. The summed E-state index contributed by atoms with van der Waals surface area (Å²) >= 11 is 6.04. The predicted octanol–water partition coefficient (Wildman–Crippen LogP) is 3.59. The normalized spacial score (nSPS) is 11.2. The molecule has 0 aliphatic carbocycles. The molecule has 2 aromatic heterocycles. The molecule has 4 aromatic rings. The summed E-state index contributed by atoms with van der Waals surface area (Å²) in [7, 11) is 1.62. The Balaban J connectivity index is 1.80. The van der Waals surface area contributed by atoms with Crippen molar-refractivity contribution >= 4 is 33.5 Å². The van der Waals surface area contributed by atoms with E-state index in [2.05, 4.69) is 9.97 Å². The summed E-state index contributed by atoms with van der Waals surface area (Å²) in [6.45, 7) is 0.446. The van der Waals surface area contributed by atoms with Crippen molar-refractivity contribution in [3.8, 4) is 5.75 Å². The molecule has 0 radical (unpaired) electrons. The number of nitrogens with one attached hydrogen (secondary N) is 1. The number of methoxy groups -OCH3 is 1. The van der Waals surface area contributed by atoms with Gasteiger partial charge in [0.25, 0.3) is 5.56 Å². The summed E-state index contributed by atoms with van der Waals surface area (Å²) in [5.74, 6) is 0.784. The Morgan fingerprint density at radius 2 is 2.00 bits per heavy atom. The van der Waals surface area contributed by atoms with Gasteiger partial charge in [0.05, 0.1) is 20.0 Å². The predicted molar refractivity (Wildman–Crippen MR) is 95.0 cm³/mol. The van der Waals surface area contributed by atoms with Crippen LogP contribution in [0.5, 0.6) is 5.75 Å². The summed E-state index contributed by atoms with van der Waals surface area (Å²) < 4.78 is 6.73. The van der Waals surface area contributed by atoms with Crippen molar-refractivity contribution in [3.05, 3.63) is 69.7 Å². The van der Waals surface area contributed by atoms with Crippen LogP contribution in [0.15, 0.2) is 53.6 Å². The lowest BCUT2D eigenvalue weighted by Gasteiger charge is -2.06. The molecule has 24 heavy (non-hydrogen) atoms. The van der Waals surface area contributed by atoms with Gasteiger partial charge in [0.1, 0.15) is 16.8 Å². The van der Waals surface area contributed by atoms with Gasteiger partial charge in [-0.25, -0.2) is 4.98 Å². The van der Waals surface area contributed by atoms with Gasteiger partial charge in [0.2, 0.25) is 0 Å². The second-order valence-corrected chi connectivity index (χ2v) is 6.00. The third kappa shape index (κ3) is 2.43. The molecule has 0 saturated heterocycles. The Morgan fingerprint density at radius 3 is 2.75 bits per heavy atom. The topological polar surface area (TPSA) is 59.9 Å². The molecule has 0 aliphatic heterocycles. The molecule has 0 unspecified atom stereocenters. The average Bonchev–Trinajstić information content (AvgIpc) is 2.97. The quantitative estimate of drug-likeness (QED) is 0.620. The third-order valence-corrected chi connectivity index (χ3v) is 4.28. The fourth-order valence-electron chi connectivity index (χ4n) is 2.80. The first-order chi connectivity index (χ1) is 11.7. The number of fused-ring (bicyclic) bond motifs is 3. The SMILES string of the molecule is COc1ccc(Cn2cnc3c([nH]c4ccc(Cl)cc43)c2=O)cc1. The number of aromatic amines is 1. The van der Waals surface area contributed by atoms with Gasteiger partial charge in [-0.15, -0.1) is 0 Å². The van der Waals surface area contributed by atoms with E-state index in [4.69, 9.17) is 16.3 Å². The first kappa shape index (κ1) is 14.8. The minimum Gasteiger partial charge on any atom is -0.497 e. The van der Waals surface area contributed by atoms with Gasteiger partial charge in [0, 0.05) is 15.9 Å². The van der Waals surface area contributed by atoms with Gasteiger partial charge in [-0.2, -0.15) is 0 Å². The second-order valence-electron chi connectivity index (χ2n) is 5.56. The van der Waals surface area contributed by atoms with E-state index in [0.717, 1.165) is 22.2 Å². The van der Waals surface area contributed by atoms with E-state index in [0.29, 0.717) is 22.6 Å². The Bertz CT molecular complexity index is 1100. The highest BCUT2D eigenvalue weighted by atomic mass is 35.5. The number of halogens is 1. The van der Waals surface area contributed by atoms with E-state index in [1.165, 1.54) is 0 Å². The van der Waals surface area contributed by atoms with Gasteiger partial charge in [0.15, 0.2) is 0 Å². The van der Waals surface area contributed by atoms with Crippen molar-refractivity contribution < 1.29 is 4.74 Å². The lowest BCUT2D eigenvalue weighted by atomic mass is 10.2. The zero-order valence-corrected chi connectivity index (χ0v) is 13.7. The first-order valence-corrected chi connectivity index (χ1v) is 7.83. The summed E-state index contributed by atoms with van der Waals surface area (Å²) in [6, 6.07) is 13.1. The van der Waals surface area contributed by atoms with Crippen LogP contribution in [0.25, 0.3) is 21.9 Å². The van der Waals surface area contributed by atoms with Gasteiger partial charge >= 0.3 is 0 Å². The summed E-state index contributed by atoms with van der Waals surface area (Å²) in [6.07, 6.45) is 1.57. The van der Waals surface area contributed by atoms with Crippen molar-refractivity contribution in [1.82, 2.24) is 14.5 Å². The Hall–Kier alpha value is -2.79. The molecule has 120 valence electrons. The van der Waals surface area contributed by atoms with Gasteiger partial charge in [-0.05, 0) is 35.9 Å². The van der Waals surface area contributed by atoms with Crippen LogP contribution in [0.1, 0.15) is 5.56 Å². The molecule has 0 spiro atoms. The number of H-pyrrole nitrogens is 1. The van der Waals surface area contributed by atoms with Crippen molar-refractivity contribution in [2.24, 2.45) is 0 Å². The molecule has 5 nitrogen and oxygen atoms in total. The molecule has 1 N–H and O–H groups in total. The minimum atomic E-state index is -0.108. The number of ether oxygens (including phenoxy) is 1. The lowest BCUT2D eigenvalue weighted by Crippen LogP contribution is -2.21. The zero-order valence-electron chi connectivity index (χ0n) is 12.9. The summed E-state index contributed by atoms with van der Waals surface area (Å²) in [5, 5.41) is 1.47. The number of hydrogen-bond acceptors (Lipinski definition) is 3. The third-order valence-electron chi connectivity index (χ3n) is 4.05. The van der Waals surface area contributed by atoms with Crippen LogP contribution in [0, 0.1) is 0 Å². The highest BCUT2D eigenvalue weighted by molar-refractivity contribution is 6.31. The largest absolute Gasteiger partial charge is 0.497 e. The molecule has 0 aliphatic rings. The van der Waals surface area contributed by atoms with Crippen molar-refractivity contribution in [1.29, 1.82) is 0 Å². The van der Waals surface area contributed by atoms with Gasteiger partial charge < -0.3 is 9.72 Å². The Labute approximate surface area is 142 Å². The zero-order chi connectivity index (χ0) is 16.7. The lowest BCUT2D eigenvalue weighted by molar-refractivity contribution is 0.414. The fourth-order valence-corrected chi connectivity index (χ4v) is 2.97. The molecule has 0 fully saturated rings. The molecule has 0 amide bonds. The molecule has 6 heteroatoms. The van der Waals surface area contributed by atoms with Gasteiger partial charge in [-0.1, -0.05) is 23.7 Å². The van der Waals surface area contributed by atoms with E-state index in [-0.39, 0.29) is 5.56 Å². The maximum absolute atomic E-state index is 12.7. The molecule has 0 bridgehead atoms. The number of aromatic nitrogens is 3. The van der Waals surface area contributed by atoms with E-state index in [9.17, 15) is 4.79 Å². The van der Waals surface area contributed by atoms with E-state index < -0.39 is 0 Å². The van der Waals surface area contributed by atoms with Gasteiger partial charge in [-0.3, -0.25) is 9.36 Å². The van der Waals surface area contributed by atoms with E-state index >= 15 is 0 Å². The fraction of sp³-hybridized carbons (Fsp3) is 0.111. The number of benzene rings is 2. The Kier molecular flexibility index (Phi) is 3.50. The van der Waals surface area contributed by atoms with Crippen LogP contribution < -0.4 is 10.3 Å². The van der Waals surface area contributed by atoms with Crippen LogP contribution in [0.3, 0.4) is 0 Å². The molecule has 4 rings (SSSR count). The van der Waals surface area contributed by atoms with Crippen LogP contribution >= 0.6 is 11.6 Å². The van der Waals surface area contributed by atoms with E-state index in [1.54, 1.807) is 24.1 Å².